The minimum atomic E-state index is 0.169. The zero-order valence-corrected chi connectivity index (χ0v) is 9.66. The van der Waals surface area contributed by atoms with Crippen LogP contribution in [0.3, 0.4) is 0 Å². The Balaban J connectivity index is 2.68. The molecule has 0 bridgehead atoms. The van der Waals surface area contributed by atoms with Gasteiger partial charge in [0.2, 0.25) is 0 Å². The van der Waals surface area contributed by atoms with Crippen LogP contribution in [0.25, 0.3) is 0 Å². The number of nitrogens with two attached hydrogens (primary N) is 1. The van der Waals surface area contributed by atoms with Crippen LogP contribution in [-0.2, 0) is 0 Å². The number of ether oxygens (including phenoxy) is 1. The Hall–Kier alpha value is -1.06. The van der Waals surface area contributed by atoms with Gasteiger partial charge in [-0.1, -0.05) is 18.2 Å². The van der Waals surface area contributed by atoms with Crippen LogP contribution in [0.1, 0.15) is 25.5 Å². The number of methoxy groups -OCH3 is 1. The second-order valence-corrected chi connectivity index (χ2v) is 3.85. The quantitative estimate of drug-likeness (QED) is 0.774. The predicted octanol–water partition coefficient (Wildman–Crippen LogP) is 1.69. The molecule has 2 atom stereocenters. The van der Waals surface area contributed by atoms with E-state index in [1.54, 1.807) is 7.11 Å². The van der Waals surface area contributed by atoms with E-state index in [-0.39, 0.29) is 12.1 Å². The molecule has 3 nitrogen and oxygen atoms in total. The van der Waals surface area contributed by atoms with Crippen LogP contribution in [0.4, 0.5) is 0 Å². The molecule has 0 spiro atoms. The lowest BCUT2D eigenvalue weighted by Gasteiger charge is -2.18. The fraction of sp³-hybridized carbons (Fsp3) is 0.500. The van der Waals surface area contributed by atoms with Crippen LogP contribution in [0.2, 0.25) is 0 Å². The molecule has 84 valence electrons. The summed E-state index contributed by atoms with van der Waals surface area (Å²) in [4.78, 5) is 0. The highest BCUT2D eigenvalue weighted by atomic mass is 16.5. The van der Waals surface area contributed by atoms with Gasteiger partial charge in [0.15, 0.2) is 0 Å². The van der Waals surface area contributed by atoms with E-state index in [2.05, 4.69) is 18.3 Å². The molecule has 0 unspecified atom stereocenters. The fourth-order valence-electron chi connectivity index (χ4n) is 1.50. The van der Waals surface area contributed by atoms with E-state index in [1.165, 1.54) is 5.56 Å². The first-order chi connectivity index (χ1) is 7.15. The van der Waals surface area contributed by atoms with Gasteiger partial charge in [0.1, 0.15) is 5.75 Å². The molecule has 0 fully saturated rings. The van der Waals surface area contributed by atoms with Crippen LogP contribution in [0.5, 0.6) is 5.75 Å². The van der Waals surface area contributed by atoms with Crippen molar-refractivity contribution >= 4 is 0 Å². The molecule has 1 rings (SSSR count). The smallest absolute Gasteiger partial charge is 0.123 e. The van der Waals surface area contributed by atoms with Gasteiger partial charge >= 0.3 is 0 Å². The Kier molecular flexibility index (Phi) is 4.59. The summed E-state index contributed by atoms with van der Waals surface area (Å²) in [7, 11) is 1.69. The molecule has 1 aromatic rings. The second kappa shape index (κ2) is 5.73. The number of benzene rings is 1. The molecular weight excluding hydrogens is 188 g/mol. The third-order valence-corrected chi connectivity index (χ3v) is 2.35. The number of hydrogen-bond donors (Lipinski definition) is 2. The second-order valence-electron chi connectivity index (χ2n) is 3.85. The molecule has 3 N–H and O–H groups in total. The van der Waals surface area contributed by atoms with E-state index in [0.717, 1.165) is 12.3 Å². The third kappa shape index (κ3) is 3.53. The Morgan fingerprint density at radius 2 is 2.00 bits per heavy atom. The van der Waals surface area contributed by atoms with E-state index in [4.69, 9.17) is 10.5 Å². The van der Waals surface area contributed by atoms with Gasteiger partial charge in [0, 0.05) is 24.2 Å². The predicted molar refractivity (Wildman–Crippen MR) is 63.1 cm³/mol. The largest absolute Gasteiger partial charge is 0.496 e. The van der Waals surface area contributed by atoms with Crippen molar-refractivity contribution in [1.29, 1.82) is 0 Å². The zero-order valence-electron chi connectivity index (χ0n) is 9.66. The molecule has 1 aromatic carbocycles. The van der Waals surface area contributed by atoms with Crippen molar-refractivity contribution in [2.24, 2.45) is 5.73 Å². The first kappa shape index (κ1) is 12.0. The third-order valence-electron chi connectivity index (χ3n) is 2.35. The average molecular weight is 208 g/mol. The summed E-state index contributed by atoms with van der Waals surface area (Å²) in [5, 5.41) is 3.37. The van der Waals surface area contributed by atoms with E-state index in [1.807, 2.05) is 25.1 Å². The molecule has 0 aliphatic heterocycles. The minimum absolute atomic E-state index is 0.169. The molecule has 0 saturated carbocycles. The molecular formula is C12H20N2O. The standard InChI is InChI=1S/C12H20N2O/c1-9(13)8-14-10(2)11-6-4-5-7-12(11)15-3/h4-7,9-10,14H,8,13H2,1-3H3/t9-,10-/m0/s1. The summed E-state index contributed by atoms with van der Waals surface area (Å²) in [6.45, 7) is 4.90. The number of rotatable bonds is 5. The minimum Gasteiger partial charge on any atom is -0.496 e. The highest BCUT2D eigenvalue weighted by Gasteiger charge is 2.10. The van der Waals surface area contributed by atoms with Gasteiger partial charge in [-0.2, -0.15) is 0 Å². The van der Waals surface area contributed by atoms with Gasteiger partial charge in [-0.15, -0.1) is 0 Å². The SMILES string of the molecule is COc1ccccc1[C@H](C)NC[C@H](C)N. The number of nitrogens with one attached hydrogen (secondary N) is 1. The van der Waals surface area contributed by atoms with Crippen molar-refractivity contribution < 1.29 is 4.74 Å². The molecule has 0 aliphatic rings. The van der Waals surface area contributed by atoms with Crippen LogP contribution in [-0.4, -0.2) is 19.7 Å². The van der Waals surface area contributed by atoms with E-state index in [0.29, 0.717) is 0 Å². The lowest BCUT2D eigenvalue weighted by molar-refractivity contribution is 0.400. The summed E-state index contributed by atoms with van der Waals surface area (Å²) >= 11 is 0. The van der Waals surface area contributed by atoms with Crippen LogP contribution in [0.15, 0.2) is 24.3 Å². The van der Waals surface area contributed by atoms with Gasteiger partial charge in [-0.05, 0) is 19.9 Å². The van der Waals surface area contributed by atoms with Gasteiger partial charge in [-0.3, -0.25) is 0 Å². The van der Waals surface area contributed by atoms with Gasteiger partial charge in [0.25, 0.3) is 0 Å². The molecule has 0 aromatic heterocycles. The van der Waals surface area contributed by atoms with Crippen molar-refractivity contribution in [2.45, 2.75) is 25.9 Å². The summed E-state index contributed by atoms with van der Waals surface area (Å²) in [5.41, 5.74) is 6.86. The Morgan fingerprint density at radius 1 is 1.33 bits per heavy atom. The summed E-state index contributed by atoms with van der Waals surface area (Å²) in [6, 6.07) is 8.45. The Morgan fingerprint density at radius 3 is 2.60 bits per heavy atom. The van der Waals surface area contributed by atoms with Crippen molar-refractivity contribution in [1.82, 2.24) is 5.32 Å². The number of para-hydroxylation sites is 1. The lowest BCUT2D eigenvalue weighted by atomic mass is 10.1. The topological polar surface area (TPSA) is 47.3 Å². The Bertz CT molecular complexity index is 299. The molecule has 0 amide bonds. The van der Waals surface area contributed by atoms with Crippen molar-refractivity contribution in [3.63, 3.8) is 0 Å². The molecule has 3 heteroatoms. The highest BCUT2D eigenvalue weighted by molar-refractivity contribution is 5.35. The maximum Gasteiger partial charge on any atom is 0.123 e. The fourth-order valence-corrected chi connectivity index (χ4v) is 1.50. The molecule has 0 aliphatic carbocycles. The van der Waals surface area contributed by atoms with Gasteiger partial charge in [0.05, 0.1) is 7.11 Å². The monoisotopic (exact) mass is 208 g/mol. The van der Waals surface area contributed by atoms with Crippen molar-refractivity contribution in [2.75, 3.05) is 13.7 Å². The van der Waals surface area contributed by atoms with Crippen molar-refractivity contribution in [3.8, 4) is 5.75 Å². The van der Waals surface area contributed by atoms with Crippen LogP contribution < -0.4 is 15.8 Å². The molecule has 15 heavy (non-hydrogen) atoms. The Labute approximate surface area is 91.6 Å². The summed E-state index contributed by atoms with van der Waals surface area (Å²) in [5.74, 6) is 0.919. The maximum atomic E-state index is 5.70. The maximum absolute atomic E-state index is 5.70. The average Bonchev–Trinajstić information content (AvgIpc) is 2.25. The van der Waals surface area contributed by atoms with Crippen LogP contribution >= 0.6 is 0 Å². The van der Waals surface area contributed by atoms with Crippen LogP contribution in [0, 0.1) is 0 Å². The lowest BCUT2D eigenvalue weighted by Crippen LogP contribution is -2.32. The summed E-state index contributed by atoms with van der Waals surface area (Å²) in [6.07, 6.45) is 0. The van der Waals surface area contributed by atoms with Gasteiger partial charge in [-0.25, -0.2) is 0 Å². The number of hydrogen-bond acceptors (Lipinski definition) is 3. The van der Waals surface area contributed by atoms with Crippen molar-refractivity contribution in [3.05, 3.63) is 29.8 Å². The highest BCUT2D eigenvalue weighted by Crippen LogP contribution is 2.23. The van der Waals surface area contributed by atoms with E-state index in [9.17, 15) is 0 Å². The molecule has 0 saturated heterocycles. The normalized spacial score (nSPS) is 14.7. The first-order valence-corrected chi connectivity index (χ1v) is 5.27. The summed E-state index contributed by atoms with van der Waals surface area (Å²) < 4.78 is 5.30. The zero-order chi connectivity index (χ0) is 11.3. The van der Waals surface area contributed by atoms with E-state index >= 15 is 0 Å². The molecule has 0 radical (unpaired) electrons. The first-order valence-electron chi connectivity index (χ1n) is 5.27. The van der Waals surface area contributed by atoms with Gasteiger partial charge < -0.3 is 15.8 Å². The molecule has 0 heterocycles. The van der Waals surface area contributed by atoms with E-state index < -0.39 is 0 Å².